The smallest absolute Gasteiger partial charge is 0.169 e. The molecular formula is C15H17FN2O. The van der Waals surface area contributed by atoms with Crippen molar-refractivity contribution in [1.29, 1.82) is 0 Å². The summed E-state index contributed by atoms with van der Waals surface area (Å²) in [6, 6.07) is 9.14. The summed E-state index contributed by atoms with van der Waals surface area (Å²) in [6.07, 6.45) is 3.54. The SMILES string of the molecule is COc1cccc(CN[C@@H](C)c2cccnc2)c1F. The molecule has 3 nitrogen and oxygen atoms in total. The zero-order valence-corrected chi connectivity index (χ0v) is 11.1. The number of aromatic nitrogens is 1. The highest BCUT2D eigenvalue weighted by molar-refractivity contribution is 5.31. The van der Waals surface area contributed by atoms with E-state index in [1.54, 1.807) is 30.6 Å². The van der Waals surface area contributed by atoms with Gasteiger partial charge in [-0.15, -0.1) is 0 Å². The van der Waals surface area contributed by atoms with Gasteiger partial charge in [0.15, 0.2) is 11.6 Å². The summed E-state index contributed by atoms with van der Waals surface area (Å²) in [5, 5.41) is 3.27. The molecule has 0 aliphatic heterocycles. The van der Waals surface area contributed by atoms with Gasteiger partial charge in [-0.25, -0.2) is 4.39 Å². The normalized spacial score (nSPS) is 12.2. The van der Waals surface area contributed by atoms with Gasteiger partial charge in [-0.1, -0.05) is 18.2 Å². The van der Waals surface area contributed by atoms with Gasteiger partial charge in [0.05, 0.1) is 7.11 Å². The molecule has 100 valence electrons. The van der Waals surface area contributed by atoms with Crippen molar-refractivity contribution >= 4 is 0 Å². The second-order valence-electron chi connectivity index (χ2n) is 4.32. The summed E-state index contributed by atoms with van der Waals surface area (Å²) in [6.45, 7) is 2.47. The summed E-state index contributed by atoms with van der Waals surface area (Å²) in [5.41, 5.74) is 1.67. The minimum Gasteiger partial charge on any atom is -0.494 e. The van der Waals surface area contributed by atoms with Gasteiger partial charge in [-0.2, -0.15) is 0 Å². The highest BCUT2D eigenvalue weighted by atomic mass is 19.1. The lowest BCUT2D eigenvalue weighted by Crippen LogP contribution is -2.19. The van der Waals surface area contributed by atoms with Gasteiger partial charge in [0.2, 0.25) is 0 Å². The molecule has 1 aromatic heterocycles. The Morgan fingerprint density at radius 2 is 2.16 bits per heavy atom. The third kappa shape index (κ3) is 3.29. The molecule has 0 saturated heterocycles. The number of ether oxygens (including phenoxy) is 1. The van der Waals surface area contributed by atoms with Crippen LogP contribution in [0.5, 0.6) is 5.75 Å². The quantitative estimate of drug-likeness (QED) is 0.897. The van der Waals surface area contributed by atoms with Crippen molar-refractivity contribution in [3.05, 3.63) is 59.7 Å². The molecule has 0 amide bonds. The third-order valence-electron chi connectivity index (χ3n) is 3.05. The number of benzene rings is 1. The van der Waals surface area contributed by atoms with Gasteiger partial charge in [0, 0.05) is 30.5 Å². The zero-order valence-electron chi connectivity index (χ0n) is 11.1. The molecular weight excluding hydrogens is 243 g/mol. The maximum Gasteiger partial charge on any atom is 0.169 e. The van der Waals surface area contributed by atoms with E-state index < -0.39 is 0 Å². The van der Waals surface area contributed by atoms with E-state index in [1.165, 1.54) is 7.11 Å². The fourth-order valence-electron chi connectivity index (χ4n) is 1.86. The molecule has 0 saturated carbocycles. The number of methoxy groups -OCH3 is 1. The van der Waals surface area contributed by atoms with Gasteiger partial charge in [-0.3, -0.25) is 4.98 Å². The second kappa shape index (κ2) is 6.29. The molecule has 0 aliphatic carbocycles. The Balaban J connectivity index is 2.03. The van der Waals surface area contributed by atoms with E-state index in [2.05, 4.69) is 10.3 Å². The van der Waals surface area contributed by atoms with Gasteiger partial charge in [0.25, 0.3) is 0 Å². The van der Waals surface area contributed by atoms with Crippen molar-refractivity contribution in [1.82, 2.24) is 10.3 Å². The maximum absolute atomic E-state index is 13.9. The Kier molecular flexibility index (Phi) is 4.47. The van der Waals surface area contributed by atoms with Crippen LogP contribution in [-0.2, 0) is 6.54 Å². The van der Waals surface area contributed by atoms with E-state index in [4.69, 9.17) is 4.74 Å². The molecule has 1 heterocycles. The van der Waals surface area contributed by atoms with Crippen LogP contribution < -0.4 is 10.1 Å². The van der Waals surface area contributed by atoms with Crippen LogP contribution in [0.2, 0.25) is 0 Å². The average molecular weight is 260 g/mol. The minimum absolute atomic E-state index is 0.110. The van der Waals surface area contributed by atoms with E-state index in [1.807, 2.05) is 19.1 Å². The molecule has 1 N–H and O–H groups in total. The number of rotatable bonds is 5. The predicted octanol–water partition coefficient (Wildman–Crippen LogP) is 3.08. The Morgan fingerprint density at radius 3 is 2.84 bits per heavy atom. The molecule has 1 aromatic carbocycles. The zero-order chi connectivity index (χ0) is 13.7. The molecule has 0 fully saturated rings. The predicted molar refractivity (Wildman–Crippen MR) is 72.4 cm³/mol. The maximum atomic E-state index is 13.9. The fourth-order valence-corrected chi connectivity index (χ4v) is 1.86. The first-order valence-electron chi connectivity index (χ1n) is 6.17. The van der Waals surface area contributed by atoms with Crippen molar-refractivity contribution in [3.8, 4) is 5.75 Å². The summed E-state index contributed by atoms with van der Waals surface area (Å²) < 4.78 is 18.9. The van der Waals surface area contributed by atoms with E-state index in [0.717, 1.165) is 5.56 Å². The molecule has 2 rings (SSSR count). The van der Waals surface area contributed by atoms with Crippen molar-refractivity contribution in [2.45, 2.75) is 19.5 Å². The Bertz CT molecular complexity index is 531. The van der Waals surface area contributed by atoms with Gasteiger partial charge in [0.1, 0.15) is 0 Å². The first-order valence-corrected chi connectivity index (χ1v) is 6.17. The third-order valence-corrected chi connectivity index (χ3v) is 3.05. The molecule has 4 heteroatoms. The first kappa shape index (κ1) is 13.5. The largest absolute Gasteiger partial charge is 0.494 e. The highest BCUT2D eigenvalue weighted by Crippen LogP contribution is 2.20. The molecule has 0 radical (unpaired) electrons. The van der Waals surface area contributed by atoms with E-state index in [0.29, 0.717) is 12.1 Å². The molecule has 0 bridgehead atoms. The molecule has 0 spiro atoms. The Hall–Kier alpha value is -1.94. The number of nitrogens with one attached hydrogen (secondary N) is 1. The summed E-state index contributed by atoms with van der Waals surface area (Å²) in [7, 11) is 1.47. The lowest BCUT2D eigenvalue weighted by Gasteiger charge is -2.14. The van der Waals surface area contributed by atoms with Crippen LogP contribution >= 0.6 is 0 Å². The topological polar surface area (TPSA) is 34.1 Å². The van der Waals surface area contributed by atoms with Crippen LogP contribution in [0.4, 0.5) is 4.39 Å². The molecule has 1 atom stereocenters. The van der Waals surface area contributed by atoms with E-state index in [-0.39, 0.29) is 17.6 Å². The Morgan fingerprint density at radius 1 is 1.32 bits per heavy atom. The standard InChI is InChI=1S/C15H17FN2O/c1-11(12-6-4-8-17-9-12)18-10-13-5-3-7-14(19-2)15(13)16/h3-9,11,18H,10H2,1-2H3/t11-/m0/s1. The van der Waals surface area contributed by atoms with Crippen molar-refractivity contribution in [2.75, 3.05) is 7.11 Å². The monoisotopic (exact) mass is 260 g/mol. The lowest BCUT2D eigenvalue weighted by atomic mass is 10.1. The van der Waals surface area contributed by atoms with Crippen molar-refractivity contribution in [2.24, 2.45) is 0 Å². The van der Waals surface area contributed by atoms with Crippen molar-refractivity contribution < 1.29 is 9.13 Å². The van der Waals surface area contributed by atoms with Gasteiger partial charge < -0.3 is 10.1 Å². The summed E-state index contributed by atoms with van der Waals surface area (Å²) >= 11 is 0. The van der Waals surface area contributed by atoms with Crippen LogP contribution in [0.1, 0.15) is 24.1 Å². The Labute approximate surface area is 112 Å². The van der Waals surface area contributed by atoms with Crippen LogP contribution in [0.25, 0.3) is 0 Å². The first-order chi connectivity index (χ1) is 9.22. The second-order valence-corrected chi connectivity index (χ2v) is 4.32. The van der Waals surface area contributed by atoms with Gasteiger partial charge in [-0.05, 0) is 24.6 Å². The minimum atomic E-state index is -0.309. The van der Waals surface area contributed by atoms with Crippen LogP contribution in [0, 0.1) is 5.82 Å². The number of nitrogens with zero attached hydrogens (tertiary/aromatic N) is 1. The van der Waals surface area contributed by atoms with Crippen LogP contribution in [0.15, 0.2) is 42.7 Å². The van der Waals surface area contributed by atoms with Crippen molar-refractivity contribution in [3.63, 3.8) is 0 Å². The lowest BCUT2D eigenvalue weighted by molar-refractivity contribution is 0.382. The number of hydrogen-bond donors (Lipinski definition) is 1. The molecule has 2 aromatic rings. The van der Waals surface area contributed by atoms with Crippen LogP contribution in [0.3, 0.4) is 0 Å². The number of pyridine rings is 1. The van der Waals surface area contributed by atoms with E-state index >= 15 is 0 Å². The van der Waals surface area contributed by atoms with Crippen LogP contribution in [-0.4, -0.2) is 12.1 Å². The molecule has 0 aliphatic rings. The fraction of sp³-hybridized carbons (Fsp3) is 0.267. The van der Waals surface area contributed by atoms with Gasteiger partial charge >= 0.3 is 0 Å². The highest BCUT2D eigenvalue weighted by Gasteiger charge is 2.10. The number of halogens is 1. The summed E-state index contributed by atoms with van der Waals surface area (Å²) in [5.74, 6) is -0.0378. The average Bonchev–Trinajstić information content (AvgIpc) is 2.47. The summed E-state index contributed by atoms with van der Waals surface area (Å²) in [4.78, 5) is 4.07. The number of hydrogen-bond acceptors (Lipinski definition) is 3. The van der Waals surface area contributed by atoms with E-state index in [9.17, 15) is 4.39 Å². The molecule has 0 unspecified atom stereocenters. The molecule has 19 heavy (non-hydrogen) atoms.